The number of carbonyl (C=O) groups is 1. The maximum Gasteiger partial charge on any atom is 0.270 e. The van der Waals surface area contributed by atoms with E-state index in [2.05, 4.69) is 15.3 Å². The zero-order valence-electron chi connectivity index (χ0n) is 12.5. The lowest BCUT2D eigenvalue weighted by Crippen LogP contribution is -2.29. The highest BCUT2D eigenvalue weighted by Crippen LogP contribution is 2.15. The van der Waals surface area contributed by atoms with Crippen molar-refractivity contribution in [1.29, 1.82) is 0 Å². The summed E-state index contributed by atoms with van der Waals surface area (Å²) < 4.78 is 11.4. The number of hydrogen-bond acceptors (Lipinski definition) is 4. The third kappa shape index (κ3) is 3.88. The monoisotopic (exact) mass is 319 g/mol. The third-order valence-corrected chi connectivity index (χ3v) is 4.09. The van der Waals surface area contributed by atoms with Crippen molar-refractivity contribution >= 4 is 16.7 Å². The lowest BCUT2D eigenvalue weighted by Gasteiger charge is -2.14. The van der Waals surface area contributed by atoms with Crippen LogP contribution in [0.15, 0.2) is 40.0 Å². The number of rotatable bonds is 4. The van der Waals surface area contributed by atoms with Crippen LogP contribution in [0.1, 0.15) is 34.8 Å². The second-order valence-electron chi connectivity index (χ2n) is 4.93. The number of amides is 1. The molecular weight excluding hydrogens is 302 g/mol. The van der Waals surface area contributed by atoms with Crippen molar-refractivity contribution in [3.63, 3.8) is 0 Å². The normalized spacial score (nSPS) is 13.4. The Bertz CT molecular complexity index is 768. The predicted molar refractivity (Wildman–Crippen MR) is 84.3 cm³/mol. The topological polar surface area (TPSA) is 91.9 Å². The molecule has 2 rings (SSSR count). The van der Waals surface area contributed by atoms with Gasteiger partial charge in [-0.05, 0) is 31.5 Å². The molecule has 0 radical (unpaired) electrons. The summed E-state index contributed by atoms with van der Waals surface area (Å²) in [5, 5.41) is 2.79. The molecular formula is C15H17N3O3S. The van der Waals surface area contributed by atoms with E-state index in [-0.39, 0.29) is 17.3 Å². The van der Waals surface area contributed by atoms with Crippen LogP contribution in [0.2, 0.25) is 0 Å². The van der Waals surface area contributed by atoms with Gasteiger partial charge < -0.3 is 10.3 Å². The molecule has 116 valence electrons. The number of nitrogens with zero attached hydrogens (tertiary/aromatic N) is 1. The van der Waals surface area contributed by atoms with Crippen LogP contribution in [0.5, 0.6) is 0 Å². The van der Waals surface area contributed by atoms with E-state index in [0.29, 0.717) is 5.82 Å². The van der Waals surface area contributed by atoms with E-state index in [9.17, 15) is 13.8 Å². The van der Waals surface area contributed by atoms with E-state index in [1.165, 1.54) is 6.07 Å². The Labute approximate surface area is 130 Å². The van der Waals surface area contributed by atoms with Crippen molar-refractivity contribution in [2.75, 3.05) is 6.26 Å². The fourth-order valence-corrected chi connectivity index (χ4v) is 2.52. The molecule has 2 N–H and O–H groups in total. The van der Waals surface area contributed by atoms with Gasteiger partial charge >= 0.3 is 0 Å². The lowest BCUT2D eigenvalue weighted by atomic mass is 10.1. The van der Waals surface area contributed by atoms with Crippen LogP contribution in [0.25, 0.3) is 0 Å². The molecule has 0 bridgehead atoms. The molecule has 2 atom stereocenters. The molecule has 1 heterocycles. The Hall–Kier alpha value is -2.28. The van der Waals surface area contributed by atoms with Crippen molar-refractivity contribution in [2.24, 2.45) is 0 Å². The molecule has 22 heavy (non-hydrogen) atoms. The largest absolute Gasteiger partial charge is 0.344 e. The van der Waals surface area contributed by atoms with Gasteiger partial charge in [0.25, 0.3) is 11.5 Å². The van der Waals surface area contributed by atoms with Gasteiger partial charge in [-0.2, -0.15) is 0 Å². The van der Waals surface area contributed by atoms with Gasteiger partial charge in [-0.1, -0.05) is 12.1 Å². The van der Waals surface area contributed by atoms with Crippen LogP contribution >= 0.6 is 0 Å². The van der Waals surface area contributed by atoms with E-state index in [1.807, 2.05) is 19.1 Å². The van der Waals surface area contributed by atoms with Gasteiger partial charge in [0, 0.05) is 28.0 Å². The van der Waals surface area contributed by atoms with Crippen LogP contribution in [-0.2, 0) is 10.8 Å². The summed E-state index contributed by atoms with van der Waals surface area (Å²) in [6, 6.07) is 8.08. The van der Waals surface area contributed by atoms with Crippen LogP contribution in [0.3, 0.4) is 0 Å². The highest BCUT2D eigenvalue weighted by molar-refractivity contribution is 7.84. The zero-order valence-corrected chi connectivity index (χ0v) is 13.4. The van der Waals surface area contributed by atoms with Gasteiger partial charge in [0.15, 0.2) is 0 Å². The fourth-order valence-electron chi connectivity index (χ4n) is 2.00. The molecule has 6 nitrogen and oxygen atoms in total. The molecule has 0 fully saturated rings. The Balaban J connectivity index is 2.13. The van der Waals surface area contributed by atoms with Crippen LogP contribution in [0.4, 0.5) is 0 Å². The molecule has 1 amide bonds. The molecule has 2 aromatic rings. The van der Waals surface area contributed by atoms with Gasteiger partial charge in [0.05, 0.1) is 6.04 Å². The molecule has 7 heteroatoms. The number of aromatic amines is 1. The Kier molecular flexibility index (Phi) is 4.87. The van der Waals surface area contributed by atoms with E-state index in [0.717, 1.165) is 10.5 Å². The standard InChI is InChI=1S/C15H17N3O3S/c1-9(11-4-6-12(7-5-11)22(3)21)16-15(20)13-8-14(19)18-10(2)17-13/h4-9H,1-3H3,(H,16,20)(H,17,18,19)/t9-,22?/m1/s1. The average molecular weight is 319 g/mol. The molecule has 0 aliphatic carbocycles. The van der Waals surface area contributed by atoms with E-state index < -0.39 is 16.7 Å². The second-order valence-corrected chi connectivity index (χ2v) is 6.31. The Morgan fingerprint density at radius 1 is 1.32 bits per heavy atom. The number of H-pyrrole nitrogens is 1. The maximum absolute atomic E-state index is 12.1. The fraction of sp³-hybridized carbons (Fsp3) is 0.267. The van der Waals surface area contributed by atoms with Crippen molar-refractivity contribution in [3.05, 3.63) is 57.8 Å². The van der Waals surface area contributed by atoms with Gasteiger partial charge in [0.2, 0.25) is 0 Å². The maximum atomic E-state index is 12.1. The van der Waals surface area contributed by atoms with Crippen LogP contribution in [-0.4, -0.2) is 26.3 Å². The van der Waals surface area contributed by atoms with Gasteiger partial charge in [-0.25, -0.2) is 4.98 Å². The Morgan fingerprint density at radius 3 is 2.50 bits per heavy atom. The number of aromatic nitrogens is 2. The van der Waals surface area contributed by atoms with E-state index in [1.54, 1.807) is 25.3 Å². The molecule has 0 spiro atoms. The number of aryl methyl sites for hydroxylation is 1. The quantitative estimate of drug-likeness (QED) is 0.888. The SMILES string of the molecule is Cc1nc(C(=O)N[C@H](C)c2ccc(S(C)=O)cc2)cc(=O)[nH]1. The van der Waals surface area contributed by atoms with Crippen molar-refractivity contribution in [3.8, 4) is 0 Å². The minimum atomic E-state index is -1.03. The van der Waals surface area contributed by atoms with Crippen molar-refractivity contribution in [1.82, 2.24) is 15.3 Å². The van der Waals surface area contributed by atoms with Crippen molar-refractivity contribution in [2.45, 2.75) is 24.8 Å². The molecule has 1 aromatic carbocycles. The summed E-state index contributed by atoms with van der Waals surface area (Å²) >= 11 is 0. The average Bonchev–Trinajstić information content (AvgIpc) is 2.46. The van der Waals surface area contributed by atoms with Gasteiger partial charge in [0.1, 0.15) is 11.5 Å². The predicted octanol–water partition coefficient (Wildman–Crippen LogP) is 1.31. The van der Waals surface area contributed by atoms with Gasteiger partial charge in [-0.15, -0.1) is 0 Å². The highest BCUT2D eigenvalue weighted by atomic mass is 32.2. The van der Waals surface area contributed by atoms with Crippen LogP contribution < -0.4 is 10.9 Å². The Morgan fingerprint density at radius 2 is 1.95 bits per heavy atom. The first kappa shape index (κ1) is 16.1. The van der Waals surface area contributed by atoms with Gasteiger partial charge in [-0.3, -0.25) is 13.8 Å². The summed E-state index contributed by atoms with van der Waals surface area (Å²) in [4.78, 5) is 30.7. The van der Waals surface area contributed by atoms with E-state index >= 15 is 0 Å². The first-order valence-electron chi connectivity index (χ1n) is 6.69. The number of nitrogens with one attached hydrogen (secondary N) is 2. The summed E-state index contributed by atoms with van der Waals surface area (Å²) in [6.45, 7) is 3.45. The first-order valence-corrected chi connectivity index (χ1v) is 8.25. The second kappa shape index (κ2) is 6.65. The molecule has 0 aliphatic heterocycles. The molecule has 0 aliphatic rings. The summed E-state index contributed by atoms with van der Waals surface area (Å²) in [6.07, 6.45) is 1.61. The lowest BCUT2D eigenvalue weighted by molar-refractivity contribution is 0.0934. The summed E-state index contributed by atoms with van der Waals surface area (Å²) in [5.41, 5.74) is 0.601. The number of benzene rings is 1. The zero-order chi connectivity index (χ0) is 16.3. The smallest absolute Gasteiger partial charge is 0.270 e. The third-order valence-electron chi connectivity index (χ3n) is 3.15. The van der Waals surface area contributed by atoms with Crippen LogP contribution in [0, 0.1) is 6.92 Å². The molecule has 1 aromatic heterocycles. The minimum Gasteiger partial charge on any atom is -0.344 e. The molecule has 1 unspecified atom stereocenters. The van der Waals surface area contributed by atoms with E-state index in [4.69, 9.17) is 0 Å². The molecule has 0 saturated heterocycles. The molecule has 0 saturated carbocycles. The number of hydrogen-bond donors (Lipinski definition) is 2. The number of carbonyl (C=O) groups excluding carboxylic acids is 1. The highest BCUT2D eigenvalue weighted by Gasteiger charge is 2.14. The summed E-state index contributed by atoms with van der Waals surface area (Å²) in [5.74, 6) is -0.0232. The van der Waals surface area contributed by atoms with Crippen molar-refractivity contribution < 1.29 is 9.00 Å². The summed E-state index contributed by atoms with van der Waals surface area (Å²) in [7, 11) is -1.03. The minimum absolute atomic E-state index is 0.0828. The first-order chi connectivity index (χ1) is 10.4.